The van der Waals surface area contributed by atoms with Crippen LogP contribution in [0.1, 0.15) is 5.56 Å². The van der Waals surface area contributed by atoms with Gasteiger partial charge in [-0.3, -0.25) is 4.72 Å². The van der Waals surface area contributed by atoms with Crippen LogP contribution in [-0.2, 0) is 10.0 Å². The molecule has 0 atom stereocenters. The van der Waals surface area contributed by atoms with Crippen molar-refractivity contribution in [2.24, 2.45) is 0 Å². The molecular formula is C13H13Br2N3O2S. The van der Waals surface area contributed by atoms with E-state index in [-0.39, 0.29) is 10.7 Å². The zero-order valence-electron chi connectivity index (χ0n) is 11.3. The lowest BCUT2D eigenvalue weighted by Crippen LogP contribution is -2.16. The van der Waals surface area contributed by atoms with Gasteiger partial charge in [0.25, 0.3) is 10.0 Å². The fourth-order valence-electron chi connectivity index (χ4n) is 1.72. The van der Waals surface area contributed by atoms with Gasteiger partial charge in [0.05, 0.1) is 5.69 Å². The van der Waals surface area contributed by atoms with E-state index in [0.29, 0.717) is 14.6 Å². The lowest BCUT2D eigenvalue weighted by molar-refractivity contribution is 0.601. The number of anilines is 2. The van der Waals surface area contributed by atoms with Crippen molar-refractivity contribution >= 4 is 53.4 Å². The largest absolute Gasteiger partial charge is 0.372 e. The molecule has 1 heterocycles. The summed E-state index contributed by atoms with van der Waals surface area (Å²) in [5, 5.41) is 2.78. The summed E-state index contributed by atoms with van der Waals surface area (Å²) >= 11 is 6.59. The topological polar surface area (TPSA) is 71.1 Å². The molecule has 0 amide bonds. The molecule has 0 saturated heterocycles. The van der Waals surface area contributed by atoms with Crippen LogP contribution in [0.25, 0.3) is 0 Å². The van der Waals surface area contributed by atoms with Crippen molar-refractivity contribution in [2.45, 2.75) is 11.8 Å². The maximum absolute atomic E-state index is 12.5. The van der Waals surface area contributed by atoms with E-state index in [9.17, 15) is 8.42 Å². The first kappa shape index (κ1) is 16.3. The van der Waals surface area contributed by atoms with Crippen LogP contribution in [0, 0.1) is 6.92 Å². The Morgan fingerprint density at radius 2 is 1.90 bits per heavy atom. The van der Waals surface area contributed by atoms with E-state index in [1.807, 2.05) is 19.1 Å². The van der Waals surface area contributed by atoms with E-state index in [1.165, 1.54) is 12.3 Å². The van der Waals surface area contributed by atoms with Crippen LogP contribution in [0.4, 0.5) is 11.5 Å². The van der Waals surface area contributed by atoms with E-state index in [2.05, 4.69) is 46.9 Å². The molecule has 8 heteroatoms. The zero-order chi connectivity index (χ0) is 15.6. The maximum Gasteiger partial charge on any atom is 0.265 e. The third-order valence-corrected chi connectivity index (χ3v) is 5.18. The Morgan fingerprint density at radius 3 is 2.52 bits per heavy atom. The molecule has 0 radical (unpaired) electrons. The first-order chi connectivity index (χ1) is 9.83. The van der Waals surface area contributed by atoms with E-state index in [4.69, 9.17) is 0 Å². The molecule has 0 bridgehead atoms. The molecule has 0 fully saturated rings. The minimum absolute atomic E-state index is 0.0758. The van der Waals surface area contributed by atoms with Gasteiger partial charge < -0.3 is 5.32 Å². The fraction of sp³-hybridized carbons (Fsp3) is 0.154. The average Bonchev–Trinajstić information content (AvgIpc) is 2.42. The Kier molecular flexibility index (Phi) is 4.90. The van der Waals surface area contributed by atoms with Gasteiger partial charge in [0.15, 0.2) is 0 Å². The molecule has 0 unspecified atom stereocenters. The van der Waals surface area contributed by atoms with Crippen molar-refractivity contribution in [1.29, 1.82) is 0 Å². The van der Waals surface area contributed by atoms with Crippen molar-refractivity contribution in [2.75, 3.05) is 17.1 Å². The van der Waals surface area contributed by atoms with Gasteiger partial charge in [-0.2, -0.15) is 0 Å². The quantitative estimate of drug-likeness (QED) is 0.768. The van der Waals surface area contributed by atoms with Gasteiger partial charge in [-0.25, -0.2) is 13.4 Å². The highest BCUT2D eigenvalue weighted by atomic mass is 79.9. The number of nitrogens with one attached hydrogen (secondary N) is 2. The number of hydrogen-bond donors (Lipinski definition) is 2. The Morgan fingerprint density at radius 1 is 1.19 bits per heavy atom. The smallest absolute Gasteiger partial charge is 0.265 e. The molecule has 5 nitrogen and oxygen atoms in total. The molecule has 1 aromatic carbocycles. The van der Waals surface area contributed by atoms with Crippen LogP contribution in [0.15, 0.2) is 44.3 Å². The van der Waals surface area contributed by atoms with Crippen molar-refractivity contribution < 1.29 is 8.42 Å². The number of hydrogen-bond acceptors (Lipinski definition) is 4. The van der Waals surface area contributed by atoms with E-state index in [1.54, 1.807) is 13.1 Å². The number of sulfonamides is 1. The average molecular weight is 435 g/mol. The summed E-state index contributed by atoms with van der Waals surface area (Å²) in [6.07, 6.45) is 1.53. The predicted octanol–water partition coefficient (Wildman–Crippen LogP) is 3.76. The van der Waals surface area contributed by atoms with Crippen LogP contribution in [0.3, 0.4) is 0 Å². The van der Waals surface area contributed by atoms with Crippen molar-refractivity contribution in [3.8, 4) is 0 Å². The highest BCUT2D eigenvalue weighted by molar-refractivity contribution is 9.10. The van der Waals surface area contributed by atoms with Crippen LogP contribution in [0.5, 0.6) is 0 Å². The summed E-state index contributed by atoms with van der Waals surface area (Å²) in [6, 6.07) is 6.89. The normalized spacial score (nSPS) is 11.2. The zero-order valence-corrected chi connectivity index (χ0v) is 15.3. The van der Waals surface area contributed by atoms with Gasteiger partial charge in [0.2, 0.25) is 0 Å². The SMILES string of the molecule is CNc1ncc(Br)cc1S(=O)(=O)Nc1ccc(C)cc1Br. The van der Waals surface area contributed by atoms with Gasteiger partial charge in [-0.05, 0) is 62.5 Å². The Bertz CT molecular complexity index is 779. The number of pyridine rings is 1. The molecule has 0 aliphatic heterocycles. The van der Waals surface area contributed by atoms with Crippen molar-refractivity contribution in [1.82, 2.24) is 4.98 Å². The predicted molar refractivity (Wildman–Crippen MR) is 91.2 cm³/mol. The lowest BCUT2D eigenvalue weighted by atomic mass is 10.2. The summed E-state index contributed by atoms with van der Waals surface area (Å²) in [5.74, 6) is 0.286. The molecule has 112 valence electrons. The molecule has 0 aliphatic rings. The van der Waals surface area contributed by atoms with Crippen LogP contribution < -0.4 is 10.0 Å². The Labute approximate surface area is 140 Å². The van der Waals surface area contributed by atoms with Crippen LogP contribution >= 0.6 is 31.9 Å². The molecule has 2 N–H and O–H groups in total. The summed E-state index contributed by atoms with van der Waals surface area (Å²) in [4.78, 5) is 4.13. The van der Waals surface area contributed by atoms with Crippen LogP contribution in [0.2, 0.25) is 0 Å². The molecular weight excluding hydrogens is 422 g/mol. The van der Waals surface area contributed by atoms with Crippen LogP contribution in [-0.4, -0.2) is 20.4 Å². The molecule has 1 aromatic heterocycles. The van der Waals surface area contributed by atoms with E-state index >= 15 is 0 Å². The maximum atomic E-state index is 12.5. The first-order valence-corrected chi connectivity index (χ1v) is 9.02. The highest BCUT2D eigenvalue weighted by Gasteiger charge is 2.21. The van der Waals surface area contributed by atoms with Gasteiger partial charge in [-0.1, -0.05) is 6.07 Å². The van der Waals surface area contributed by atoms with Gasteiger partial charge in [0.1, 0.15) is 10.7 Å². The van der Waals surface area contributed by atoms with Gasteiger partial charge in [0, 0.05) is 22.2 Å². The number of nitrogens with zero attached hydrogens (tertiary/aromatic N) is 1. The summed E-state index contributed by atoms with van der Waals surface area (Å²) in [6.45, 7) is 1.93. The van der Waals surface area contributed by atoms with E-state index < -0.39 is 10.0 Å². The number of aryl methyl sites for hydroxylation is 1. The Balaban J connectivity index is 2.45. The third-order valence-electron chi connectivity index (χ3n) is 2.71. The summed E-state index contributed by atoms with van der Waals surface area (Å²) in [7, 11) is -2.13. The molecule has 2 aromatic rings. The number of benzene rings is 1. The first-order valence-electron chi connectivity index (χ1n) is 5.96. The van der Waals surface area contributed by atoms with Crippen molar-refractivity contribution in [3.63, 3.8) is 0 Å². The standard InChI is InChI=1S/C13H13Br2N3O2S/c1-8-3-4-11(10(15)5-8)18-21(19,20)12-6-9(14)7-17-13(12)16-2/h3-7,18H,1-2H3,(H,16,17). The third kappa shape index (κ3) is 3.75. The monoisotopic (exact) mass is 433 g/mol. The minimum Gasteiger partial charge on any atom is -0.372 e. The summed E-state index contributed by atoms with van der Waals surface area (Å²) in [5.41, 5.74) is 1.51. The molecule has 0 saturated carbocycles. The second kappa shape index (κ2) is 6.33. The molecule has 21 heavy (non-hydrogen) atoms. The number of rotatable bonds is 4. The van der Waals surface area contributed by atoms with Crippen molar-refractivity contribution in [3.05, 3.63) is 45.0 Å². The lowest BCUT2D eigenvalue weighted by Gasteiger charge is -2.13. The molecule has 2 rings (SSSR count). The van der Waals surface area contributed by atoms with Gasteiger partial charge in [-0.15, -0.1) is 0 Å². The Hall–Kier alpha value is -1.12. The molecule has 0 spiro atoms. The van der Waals surface area contributed by atoms with E-state index in [0.717, 1.165) is 5.56 Å². The number of halogens is 2. The number of aromatic nitrogens is 1. The van der Waals surface area contributed by atoms with Gasteiger partial charge >= 0.3 is 0 Å². The minimum atomic E-state index is -3.75. The fourth-order valence-corrected chi connectivity index (χ4v) is 4.19. The second-order valence-corrected chi connectivity index (χ2v) is 7.76. The second-order valence-electron chi connectivity index (χ2n) is 4.34. The molecule has 0 aliphatic carbocycles. The summed E-state index contributed by atoms with van der Waals surface area (Å²) < 4.78 is 28.9. The highest BCUT2D eigenvalue weighted by Crippen LogP contribution is 2.29.